The Hall–Kier alpha value is -1.92. The maximum absolute atomic E-state index is 10.9. The van der Waals surface area contributed by atoms with E-state index in [0.717, 1.165) is 14.6 Å². The van der Waals surface area contributed by atoms with Crippen molar-refractivity contribution in [3.63, 3.8) is 0 Å². The molecule has 0 aliphatic heterocycles. The van der Waals surface area contributed by atoms with Crippen LogP contribution in [0.3, 0.4) is 0 Å². The molecule has 0 saturated carbocycles. The second kappa shape index (κ2) is 4.99. The lowest BCUT2D eigenvalue weighted by Gasteiger charge is -2.04. The number of nitrogens with zero attached hydrogens (tertiary/aromatic N) is 2. The van der Waals surface area contributed by atoms with Crippen LogP contribution in [0.2, 0.25) is 0 Å². The van der Waals surface area contributed by atoms with Crippen LogP contribution in [0.5, 0.6) is 0 Å². The summed E-state index contributed by atoms with van der Waals surface area (Å²) >= 11 is 3.20. The maximum Gasteiger partial charge on any atom is 0.335 e. The van der Waals surface area contributed by atoms with E-state index in [4.69, 9.17) is 5.11 Å². The molecule has 2 heterocycles. The highest BCUT2D eigenvalue weighted by atomic mass is 32.2. The van der Waals surface area contributed by atoms with Crippen molar-refractivity contribution < 1.29 is 9.90 Å². The van der Waals surface area contributed by atoms with Gasteiger partial charge >= 0.3 is 5.97 Å². The maximum atomic E-state index is 10.9. The first-order chi connectivity index (χ1) is 9.24. The number of fused-ring (bicyclic) bond motifs is 1. The van der Waals surface area contributed by atoms with Gasteiger partial charge in [0.15, 0.2) is 0 Å². The zero-order valence-electron chi connectivity index (χ0n) is 9.61. The molecule has 6 heteroatoms. The van der Waals surface area contributed by atoms with Crippen molar-refractivity contribution in [2.45, 2.75) is 9.24 Å². The monoisotopic (exact) mass is 288 g/mol. The highest BCUT2D eigenvalue weighted by molar-refractivity contribution is 8.01. The van der Waals surface area contributed by atoms with Crippen molar-refractivity contribution in [2.24, 2.45) is 0 Å². The number of carboxylic acids is 1. The van der Waals surface area contributed by atoms with Crippen LogP contribution in [0.25, 0.3) is 10.9 Å². The summed E-state index contributed by atoms with van der Waals surface area (Å²) in [7, 11) is 0. The summed E-state index contributed by atoms with van der Waals surface area (Å²) in [5.41, 5.74) is 0.882. The standard InChI is InChI=1S/C13H8N2O2S2/c16-13(17)8-3-4-9-10(6-8)14-7-15-12(9)19-11-2-1-5-18-11/h1-7H,(H,16,17). The number of thiophene rings is 1. The summed E-state index contributed by atoms with van der Waals surface area (Å²) in [6, 6.07) is 8.91. The average molecular weight is 288 g/mol. The Morgan fingerprint density at radius 3 is 2.89 bits per heavy atom. The zero-order valence-corrected chi connectivity index (χ0v) is 11.2. The van der Waals surface area contributed by atoms with Crippen LogP contribution in [-0.4, -0.2) is 21.0 Å². The first kappa shape index (κ1) is 12.1. The number of aromatic nitrogens is 2. The van der Waals surface area contributed by atoms with Crippen LogP contribution in [0, 0.1) is 0 Å². The fourth-order valence-corrected chi connectivity index (χ4v) is 3.43. The van der Waals surface area contributed by atoms with Crippen molar-refractivity contribution >= 4 is 40.0 Å². The van der Waals surface area contributed by atoms with Gasteiger partial charge in [0.1, 0.15) is 11.4 Å². The molecule has 0 amide bonds. The molecule has 0 unspecified atom stereocenters. The van der Waals surface area contributed by atoms with Crippen LogP contribution in [0.1, 0.15) is 10.4 Å². The van der Waals surface area contributed by atoms with Crippen LogP contribution >= 0.6 is 23.1 Å². The molecule has 94 valence electrons. The minimum absolute atomic E-state index is 0.235. The van der Waals surface area contributed by atoms with Gasteiger partial charge in [0, 0.05) is 5.39 Å². The van der Waals surface area contributed by atoms with E-state index in [1.807, 2.05) is 17.5 Å². The minimum atomic E-state index is -0.951. The molecule has 19 heavy (non-hydrogen) atoms. The third kappa shape index (κ3) is 2.45. The molecule has 2 aromatic heterocycles. The van der Waals surface area contributed by atoms with E-state index in [-0.39, 0.29) is 5.56 Å². The molecule has 3 rings (SSSR count). The summed E-state index contributed by atoms with van der Waals surface area (Å²) in [5.74, 6) is -0.951. The van der Waals surface area contributed by atoms with Crippen LogP contribution in [-0.2, 0) is 0 Å². The summed E-state index contributed by atoms with van der Waals surface area (Å²) in [6.07, 6.45) is 1.46. The lowest BCUT2D eigenvalue weighted by atomic mass is 10.1. The molecule has 1 aromatic carbocycles. The lowest BCUT2D eigenvalue weighted by molar-refractivity contribution is 0.0697. The van der Waals surface area contributed by atoms with Crippen molar-refractivity contribution in [1.82, 2.24) is 9.97 Å². The average Bonchev–Trinajstić information content (AvgIpc) is 2.91. The fourth-order valence-electron chi connectivity index (χ4n) is 1.66. The molecule has 3 aromatic rings. The minimum Gasteiger partial charge on any atom is -0.478 e. The number of hydrogen-bond donors (Lipinski definition) is 1. The number of carboxylic acid groups (broad SMARTS) is 1. The molecule has 0 atom stereocenters. The van der Waals surface area contributed by atoms with Gasteiger partial charge in [-0.05, 0) is 29.6 Å². The highest BCUT2D eigenvalue weighted by Gasteiger charge is 2.09. The predicted molar refractivity (Wildman–Crippen MR) is 74.9 cm³/mol. The summed E-state index contributed by atoms with van der Waals surface area (Å²) in [5, 5.41) is 12.7. The molecule has 0 radical (unpaired) electrons. The first-order valence-electron chi connectivity index (χ1n) is 5.43. The number of carbonyl (C=O) groups is 1. The Morgan fingerprint density at radius 1 is 1.26 bits per heavy atom. The molecule has 0 aliphatic carbocycles. The lowest BCUT2D eigenvalue weighted by Crippen LogP contribution is -1.96. The van der Waals surface area contributed by atoms with E-state index in [1.54, 1.807) is 41.3 Å². The number of hydrogen-bond acceptors (Lipinski definition) is 5. The Morgan fingerprint density at radius 2 is 2.16 bits per heavy atom. The van der Waals surface area contributed by atoms with Gasteiger partial charge in [-0.3, -0.25) is 0 Å². The first-order valence-corrected chi connectivity index (χ1v) is 7.13. The fraction of sp³-hybridized carbons (Fsp3) is 0. The molecule has 4 nitrogen and oxygen atoms in total. The predicted octanol–water partition coefficient (Wildman–Crippen LogP) is 3.54. The molecular formula is C13H8N2O2S2. The van der Waals surface area contributed by atoms with Gasteiger partial charge in [-0.1, -0.05) is 17.8 Å². The quantitative estimate of drug-likeness (QED) is 0.747. The smallest absolute Gasteiger partial charge is 0.335 e. The number of benzene rings is 1. The van der Waals surface area contributed by atoms with Gasteiger partial charge in [-0.15, -0.1) is 11.3 Å². The molecule has 1 N–H and O–H groups in total. The number of aromatic carboxylic acids is 1. The summed E-state index contributed by atoms with van der Waals surface area (Å²) < 4.78 is 1.14. The second-order valence-electron chi connectivity index (χ2n) is 3.75. The van der Waals surface area contributed by atoms with Crippen LogP contribution < -0.4 is 0 Å². The van der Waals surface area contributed by atoms with Gasteiger partial charge in [0.25, 0.3) is 0 Å². The van der Waals surface area contributed by atoms with E-state index >= 15 is 0 Å². The Kier molecular flexibility index (Phi) is 3.18. The van der Waals surface area contributed by atoms with E-state index in [1.165, 1.54) is 6.33 Å². The van der Waals surface area contributed by atoms with Gasteiger partial charge in [-0.25, -0.2) is 14.8 Å². The molecule has 0 saturated heterocycles. The van der Waals surface area contributed by atoms with Gasteiger partial charge < -0.3 is 5.11 Å². The van der Waals surface area contributed by atoms with E-state index in [0.29, 0.717) is 5.52 Å². The summed E-state index contributed by atoms with van der Waals surface area (Å²) in [6.45, 7) is 0. The van der Waals surface area contributed by atoms with Crippen molar-refractivity contribution in [3.8, 4) is 0 Å². The largest absolute Gasteiger partial charge is 0.478 e. The van der Waals surface area contributed by atoms with E-state index in [2.05, 4.69) is 9.97 Å². The molecule has 0 fully saturated rings. The Bertz CT molecular complexity index is 741. The van der Waals surface area contributed by atoms with E-state index < -0.39 is 5.97 Å². The molecular weight excluding hydrogens is 280 g/mol. The Balaban J connectivity index is 2.08. The third-order valence-electron chi connectivity index (χ3n) is 2.54. The van der Waals surface area contributed by atoms with Crippen molar-refractivity contribution in [2.75, 3.05) is 0 Å². The van der Waals surface area contributed by atoms with Crippen LogP contribution in [0.4, 0.5) is 0 Å². The molecule has 0 spiro atoms. The van der Waals surface area contributed by atoms with Crippen LogP contribution in [0.15, 0.2) is 51.3 Å². The normalized spacial score (nSPS) is 10.7. The van der Waals surface area contributed by atoms with Gasteiger partial charge in [-0.2, -0.15) is 0 Å². The Labute approximate surface area is 117 Å². The third-order valence-corrected chi connectivity index (χ3v) is 4.60. The SMILES string of the molecule is O=C(O)c1ccc2c(Sc3cccs3)ncnc2c1. The van der Waals surface area contributed by atoms with Crippen molar-refractivity contribution in [3.05, 3.63) is 47.6 Å². The summed E-state index contributed by atoms with van der Waals surface area (Å²) in [4.78, 5) is 19.3. The topological polar surface area (TPSA) is 63.1 Å². The van der Waals surface area contributed by atoms with Crippen molar-refractivity contribution in [1.29, 1.82) is 0 Å². The van der Waals surface area contributed by atoms with E-state index in [9.17, 15) is 4.79 Å². The molecule has 0 aliphatic rings. The highest BCUT2D eigenvalue weighted by Crippen LogP contribution is 2.33. The molecule has 0 bridgehead atoms. The second-order valence-corrected chi connectivity index (χ2v) is 5.99. The van der Waals surface area contributed by atoms with Gasteiger partial charge in [0.05, 0.1) is 15.3 Å². The van der Waals surface area contributed by atoms with Gasteiger partial charge in [0.2, 0.25) is 0 Å². The zero-order chi connectivity index (χ0) is 13.2. The number of rotatable bonds is 3.